The van der Waals surface area contributed by atoms with Crippen molar-refractivity contribution in [1.29, 1.82) is 0 Å². The van der Waals surface area contributed by atoms with E-state index in [0.717, 1.165) is 12.0 Å². The number of carbonyl (C=O) groups is 3. The number of ether oxygens (including phenoxy) is 1. The lowest BCUT2D eigenvalue weighted by Gasteiger charge is -2.35. The number of para-hydroxylation sites is 2. The van der Waals surface area contributed by atoms with E-state index in [9.17, 15) is 14.4 Å². The zero-order chi connectivity index (χ0) is 21.5. The summed E-state index contributed by atoms with van der Waals surface area (Å²) in [6, 6.07) is 16.1. The second-order valence-electron chi connectivity index (χ2n) is 7.24. The average Bonchev–Trinajstić information content (AvgIpc) is 2.76. The fourth-order valence-electron chi connectivity index (χ4n) is 3.44. The zero-order valence-corrected chi connectivity index (χ0v) is 17.3. The van der Waals surface area contributed by atoms with Crippen molar-refractivity contribution in [2.24, 2.45) is 0 Å². The van der Waals surface area contributed by atoms with Crippen LogP contribution in [0.2, 0.25) is 0 Å². The zero-order valence-electron chi connectivity index (χ0n) is 17.3. The van der Waals surface area contributed by atoms with Gasteiger partial charge in [0.25, 0.3) is 5.91 Å². The Labute approximate surface area is 176 Å². The number of hydrogen-bond acceptors (Lipinski definition) is 4. The van der Waals surface area contributed by atoms with Crippen LogP contribution >= 0.6 is 0 Å². The fourth-order valence-corrected chi connectivity index (χ4v) is 3.44. The number of nitrogens with zero attached hydrogens (tertiary/aromatic N) is 1. The van der Waals surface area contributed by atoms with Gasteiger partial charge in [-0.15, -0.1) is 0 Å². The van der Waals surface area contributed by atoms with Gasteiger partial charge in [-0.2, -0.15) is 0 Å². The Morgan fingerprint density at radius 1 is 1.10 bits per heavy atom. The molecule has 7 nitrogen and oxygen atoms in total. The lowest BCUT2D eigenvalue weighted by atomic mass is 10.0. The van der Waals surface area contributed by atoms with Crippen molar-refractivity contribution in [3.05, 3.63) is 60.2 Å². The number of nitrogens with one attached hydrogen (secondary N) is 2. The summed E-state index contributed by atoms with van der Waals surface area (Å²) in [5.41, 5.74) is 1.47. The summed E-state index contributed by atoms with van der Waals surface area (Å²) in [7, 11) is 0. The Morgan fingerprint density at radius 3 is 2.50 bits per heavy atom. The normalized spacial score (nSPS) is 16.1. The van der Waals surface area contributed by atoms with E-state index in [1.165, 1.54) is 6.92 Å². The molecule has 7 heteroatoms. The molecule has 1 heterocycles. The lowest BCUT2D eigenvalue weighted by molar-refractivity contribution is -0.128. The molecule has 0 fully saturated rings. The molecule has 2 atom stereocenters. The summed E-state index contributed by atoms with van der Waals surface area (Å²) in [6.07, 6.45) is 0.0975. The van der Waals surface area contributed by atoms with Crippen LogP contribution in [-0.4, -0.2) is 36.9 Å². The standard InChI is InChI=1S/C23H27N3O4/c1-3-13-24-23(29)21-15-26(19-11-7-8-12-20(19)30-21)22(28)14-18(25-16(2)27)17-9-5-4-6-10-17/h4-12,18,21H,3,13-15H2,1-2H3,(H,24,29)(H,25,27)/t18-,21-/m0/s1. The Morgan fingerprint density at radius 2 is 1.80 bits per heavy atom. The van der Waals surface area contributed by atoms with Gasteiger partial charge in [0.1, 0.15) is 5.75 Å². The van der Waals surface area contributed by atoms with Crippen LogP contribution < -0.4 is 20.3 Å². The summed E-state index contributed by atoms with van der Waals surface area (Å²) in [5.74, 6) is -0.160. The molecule has 1 aliphatic heterocycles. The first-order chi connectivity index (χ1) is 14.5. The Hall–Kier alpha value is -3.35. The first-order valence-electron chi connectivity index (χ1n) is 10.2. The monoisotopic (exact) mass is 409 g/mol. The third kappa shape index (κ3) is 5.17. The van der Waals surface area contributed by atoms with Crippen LogP contribution in [0.4, 0.5) is 5.69 Å². The second kappa shape index (κ2) is 9.91. The van der Waals surface area contributed by atoms with Crippen molar-refractivity contribution >= 4 is 23.4 Å². The van der Waals surface area contributed by atoms with E-state index in [0.29, 0.717) is 18.0 Å². The molecule has 0 aromatic heterocycles. The van der Waals surface area contributed by atoms with Crippen LogP contribution in [0, 0.1) is 0 Å². The van der Waals surface area contributed by atoms with Crippen molar-refractivity contribution in [3.63, 3.8) is 0 Å². The molecule has 2 aromatic carbocycles. The number of carbonyl (C=O) groups excluding carboxylic acids is 3. The predicted molar refractivity (Wildman–Crippen MR) is 114 cm³/mol. The molecule has 158 valence electrons. The third-order valence-corrected chi connectivity index (χ3v) is 4.87. The largest absolute Gasteiger partial charge is 0.477 e. The molecule has 1 aliphatic rings. The van der Waals surface area contributed by atoms with Gasteiger partial charge in [0.05, 0.1) is 24.7 Å². The molecular formula is C23H27N3O4. The lowest BCUT2D eigenvalue weighted by Crippen LogP contribution is -2.51. The van der Waals surface area contributed by atoms with Gasteiger partial charge in [-0.3, -0.25) is 14.4 Å². The fraction of sp³-hybridized carbons (Fsp3) is 0.348. The van der Waals surface area contributed by atoms with Crippen LogP contribution in [-0.2, 0) is 14.4 Å². The highest BCUT2D eigenvalue weighted by Gasteiger charge is 2.34. The number of benzene rings is 2. The van der Waals surface area contributed by atoms with Gasteiger partial charge in [-0.05, 0) is 24.1 Å². The quantitative estimate of drug-likeness (QED) is 0.736. The number of hydrogen-bond donors (Lipinski definition) is 2. The first-order valence-corrected chi connectivity index (χ1v) is 10.2. The molecular weight excluding hydrogens is 382 g/mol. The smallest absolute Gasteiger partial charge is 0.262 e. The van der Waals surface area contributed by atoms with E-state index in [-0.39, 0.29) is 30.7 Å². The highest BCUT2D eigenvalue weighted by molar-refractivity contribution is 5.97. The molecule has 3 rings (SSSR count). The van der Waals surface area contributed by atoms with Gasteiger partial charge < -0.3 is 20.3 Å². The molecule has 0 unspecified atom stereocenters. The Kier molecular flexibility index (Phi) is 7.06. The van der Waals surface area contributed by atoms with Gasteiger partial charge in [-0.1, -0.05) is 49.4 Å². The third-order valence-electron chi connectivity index (χ3n) is 4.87. The number of amides is 3. The highest BCUT2D eigenvalue weighted by atomic mass is 16.5. The van der Waals surface area contributed by atoms with E-state index in [4.69, 9.17) is 4.74 Å². The molecule has 30 heavy (non-hydrogen) atoms. The molecule has 0 aliphatic carbocycles. The minimum absolute atomic E-state index is 0.0707. The van der Waals surface area contributed by atoms with E-state index in [2.05, 4.69) is 10.6 Å². The minimum Gasteiger partial charge on any atom is -0.477 e. The maximum absolute atomic E-state index is 13.3. The van der Waals surface area contributed by atoms with E-state index in [1.807, 2.05) is 43.3 Å². The Bertz CT molecular complexity index is 900. The summed E-state index contributed by atoms with van der Waals surface area (Å²) in [5, 5.41) is 5.68. The summed E-state index contributed by atoms with van der Waals surface area (Å²) in [4.78, 5) is 39.1. The molecule has 0 bridgehead atoms. The summed E-state index contributed by atoms with van der Waals surface area (Å²) < 4.78 is 5.85. The predicted octanol–water partition coefficient (Wildman–Crippen LogP) is 2.57. The van der Waals surface area contributed by atoms with Crippen LogP contribution in [0.3, 0.4) is 0 Å². The summed E-state index contributed by atoms with van der Waals surface area (Å²) in [6.45, 7) is 4.07. The number of rotatable bonds is 7. The molecule has 0 saturated heterocycles. The molecule has 2 aromatic rings. The van der Waals surface area contributed by atoms with Crippen LogP contribution in [0.5, 0.6) is 5.75 Å². The van der Waals surface area contributed by atoms with Gasteiger partial charge in [0.15, 0.2) is 6.10 Å². The molecule has 0 spiro atoms. The summed E-state index contributed by atoms with van der Waals surface area (Å²) >= 11 is 0. The van der Waals surface area contributed by atoms with Crippen LogP contribution in [0.1, 0.15) is 38.3 Å². The second-order valence-corrected chi connectivity index (χ2v) is 7.24. The van der Waals surface area contributed by atoms with Crippen molar-refractivity contribution in [2.75, 3.05) is 18.0 Å². The van der Waals surface area contributed by atoms with Crippen molar-refractivity contribution in [3.8, 4) is 5.75 Å². The molecule has 2 N–H and O–H groups in total. The van der Waals surface area contributed by atoms with Crippen molar-refractivity contribution in [1.82, 2.24) is 10.6 Å². The van der Waals surface area contributed by atoms with E-state index in [1.54, 1.807) is 23.1 Å². The van der Waals surface area contributed by atoms with Crippen LogP contribution in [0.25, 0.3) is 0 Å². The highest BCUT2D eigenvalue weighted by Crippen LogP contribution is 2.34. The topological polar surface area (TPSA) is 87.7 Å². The van der Waals surface area contributed by atoms with Crippen LogP contribution in [0.15, 0.2) is 54.6 Å². The maximum atomic E-state index is 13.3. The van der Waals surface area contributed by atoms with Gasteiger partial charge in [0, 0.05) is 13.5 Å². The Balaban J connectivity index is 1.83. The SMILES string of the molecule is CCCNC(=O)[C@@H]1CN(C(=O)C[C@H](NC(C)=O)c2ccccc2)c2ccccc2O1. The van der Waals surface area contributed by atoms with E-state index >= 15 is 0 Å². The number of fused-ring (bicyclic) bond motifs is 1. The molecule has 0 saturated carbocycles. The van der Waals surface area contributed by atoms with Gasteiger partial charge >= 0.3 is 0 Å². The van der Waals surface area contributed by atoms with Gasteiger partial charge in [-0.25, -0.2) is 0 Å². The maximum Gasteiger partial charge on any atom is 0.262 e. The minimum atomic E-state index is -0.786. The first kappa shape index (κ1) is 21.4. The van der Waals surface area contributed by atoms with Crippen molar-refractivity contribution < 1.29 is 19.1 Å². The molecule has 3 amide bonds. The van der Waals surface area contributed by atoms with Crippen molar-refractivity contribution in [2.45, 2.75) is 38.8 Å². The number of anilines is 1. The van der Waals surface area contributed by atoms with Gasteiger partial charge in [0.2, 0.25) is 11.8 Å². The average molecular weight is 409 g/mol. The van der Waals surface area contributed by atoms with E-state index < -0.39 is 12.1 Å². The molecule has 0 radical (unpaired) electrons.